The highest BCUT2D eigenvalue weighted by Gasteiger charge is 2.48. The minimum atomic E-state index is -0.624. The molecule has 1 unspecified atom stereocenters. The molecule has 1 N–H and O–H groups in total. The van der Waals surface area contributed by atoms with E-state index >= 15 is 4.39 Å². The molecule has 10 nitrogen and oxygen atoms in total. The summed E-state index contributed by atoms with van der Waals surface area (Å²) in [6.07, 6.45) is -0.298. The van der Waals surface area contributed by atoms with E-state index in [1.165, 1.54) is 29.2 Å². The van der Waals surface area contributed by atoms with Crippen molar-refractivity contribution in [2.75, 3.05) is 36.6 Å². The molecule has 32 heavy (non-hydrogen) atoms. The van der Waals surface area contributed by atoms with Crippen LogP contribution in [0.3, 0.4) is 0 Å². The molecule has 2 aromatic rings. The van der Waals surface area contributed by atoms with E-state index in [4.69, 9.17) is 9.47 Å². The van der Waals surface area contributed by atoms with Gasteiger partial charge >= 0.3 is 18.3 Å². The van der Waals surface area contributed by atoms with Gasteiger partial charge in [0, 0.05) is 17.3 Å². The van der Waals surface area contributed by atoms with Crippen molar-refractivity contribution < 1.29 is 33.0 Å². The van der Waals surface area contributed by atoms with Gasteiger partial charge in [-0.15, -0.1) is 0 Å². The molecule has 0 saturated carbocycles. The van der Waals surface area contributed by atoms with Crippen molar-refractivity contribution in [1.29, 1.82) is 0 Å². The Kier molecular flexibility index (Phi) is 4.80. The first-order valence-electron chi connectivity index (χ1n) is 10.0. The van der Waals surface area contributed by atoms with Gasteiger partial charge in [0.05, 0.1) is 31.9 Å². The highest BCUT2D eigenvalue weighted by atomic mass is 19.1. The van der Waals surface area contributed by atoms with Crippen LogP contribution in [0.2, 0.25) is 0 Å². The first-order valence-corrected chi connectivity index (χ1v) is 10.0. The van der Waals surface area contributed by atoms with Gasteiger partial charge in [-0.05, 0) is 36.2 Å². The van der Waals surface area contributed by atoms with Crippen LogP contribution in [0.15, 0.2) is 30.5 Å². The second-order valence-electron chi connectivity index (χ2n) is 7.57. The summed E-state index contributed by atoms with van der Waals surface area (Å²) in [5, 5.41) is 2.53. The smallest absolute Gasteiger partial charge is 0.415 e. The van der Waals surface area contributed by atoms with E-state index in [1.54, 1.807) is 18.2 Å². The third kappa shape index (κ3) is 3.26. The molecule has 3 aliphatic heterocycles. The van der Waals surface area contributed by atoms with E-state index < -0.39 is 30.2 Å². The number of ether oxygens (including phenoxy) is 3. The van der Waals surface area contributed by atoms with E-state index in [0.717, 1.165) is 5.56 Å². The van der Waals surface area contributed by atoms with Crippen LogP contribution in [-0.2, 0) is 20.6 Å². The number of anilines is 2. The van der Waals surface area contributed by atoms with Gasteiger partial charge in [-0.25, -0.2) is 23.8 Å². The number of nitrogens with one attached hydrogen (secondary N) is 1. The summed E-state index contributed by atoms with van der Waals surface area (Å²) in [5.74, 6) is -0.0781. The zero-order valence-corrected chi connectivity index (χ0v) is 17.0. The summed E-state index contributed by atoms with van der Waals surface area (Å²) >= 11 is 0. The Morgan fingerprint density at radius 2 is 2.16 bits per heavy atom. The van der Waals surface area contributed by atoms with Gasteiger partial charge in [-0.2, -0.15) is 0 Å². The summed E-state index contributed by atoms with van der Waals surface area (Å²) in [4.78, 5) is 42.5. The number of nitrogens with zero attached hydrogens (tertiary/aromatic N) is 3. The minimum Gasteiger partial charge on any atom is -0.453 e. The standard InChI is InChI=1S/C21H19FN4O6/c1-30-19(27)24-10-17-16-7-12-6-13(14(22)8-15(12)26(16)21(29)32-17)11-2-3-18(23-9-11)25-4-5-31-20(25)28/h2-3,6,8-9,16-17H,4-5,7,10H2,1H3,(H,24,27)/t16?,17-/m0/s1. The van der Waals surface area contributed by atoms with Crippen LogP contribution in [0, 0.1) is 5.82 Å². The lowest BCUT2D eigenvalue weighted by molar-refractivity contribution is 0.123. The number of cyclic esters (lactones) is 2. The number of carbonyl (C=O) groups excluding carboxylic acids is 3. The van der Waals surface area contributed by atoms with E-state index in [1.807, 2.05) is 0 Å². The van der Waals surface area contributed by atoms with Gasteiger partial charge < -0.3 is 19.5 Å². The maximum atomic E-state index is 15.0. The van der Waals surface area contributed by atoms with Gasteiger partial charge in [0.1, 0.15) is 24.3 Å². The van der Waals surface area contributed by atoms with Crippen LogP contribution < -0.4 is 15.1 Å². The maximum Gasteiger partial charge on any atom is 0.415 e. The number of fused-ring (bicyclic) bond motifs is 3. The average Bonchev–Trinajstić information content (AvgIpc) is 3.46. The molecule has 5 rings (SSSR count). The van der Waals surface area contributed by atoms with Crippen LogP contribution in [0.4, 0.5) is 30.3 Å². The summed E-state index contributed by atoms with van der Waals surface area (Å²) in [6.45, 7) is 0.808. The summed E-state index contributed by atoms with van der Waals surface area (Å²) in [7, 11) is 1.25. The molecule has 0 aliphatic carbocycles. The van der Waals surface area contributed by atoms with Crippen molar-refractivity contribution in [2.45, 2.75) is 18.6 Å². The second-order valence-corrected chi connectivity index (χ2v) is 7.57. The topological polar surface area (TPSA) is 110 Å². The fourth-order valence-corrected chi connectivity index (χ4v) is 4.25. The minimum absolute atomic E-state index is 0.0905. The molecule has 1 aromatic heterocycles. The number of amides is 3. The Labute approximate surface area is 181 Å². The number of carbonyl (C=O) groups is 3. The monoisotopic (exact) mass is 442 g/mol. The molecule has 3 aliphatic rings. The van der Waals surface area contributed by atoms with Crippen molar-refractivity contribution in [3.05, 3.63) is 41.8 Å². The largest absolute Gasteiger partial charge is 0.453 e. The molecule has 0 radical (unpaired) electrons. The van der Waals surface area contributed by atoms with Crippen LogP contribution in [0.25, 0.3) is 11.1 Å². The maximum absolute atomic E-state index is 15.0. The first-order chi connectivity index (χ1) is 15.5. The predicted octanol–water partition coefficient (Wildman–Crippen LogP) is 2.45. The number of pyridine rings is 1. The highest BCUT2D eigenvalue weighted by Crippen LogP contribution is 2.41. The lowest BCUT2D eigenvalue weighted by Crippen LogP contribution is -2.40. The van der Waals surface area contributed by atoms with E-state index in [-0.39, 0.29) is 12.6 Å². The number of hydrogen-bond acceptors (Lipinski definition) is 7. The van der Waals surface area contributed by atoms with Gasteiger partial charge in [-0.3, -0.25) is 9.80 Å². The quantitative estimate of drug-likeness (QED) is 0.724. The van der Waals surface area contributed by atoms with Crippen molar-refractivity contribution in [3.63, 3.8) is 0 Å². The van der Waals surface area contributed by atoms with Crippen LogP contribution in [0.1, 0.15) is 5.56 Å². The number of alkyl carbamates (subject to hydrolysis) is 1. The summed E-state index contributed by atoms with van der Waals surface area (Å²) in [6, 6.07) is 5.98. The molecule has 3 amide bonds. The van der Waals surface area contributed by atoms with E-state index in [2.05, 4.69) is 15.0 Å². The molecular formula is C21H19FN4O6. The Balaban J connectivity index is 1.39. The Morgan fingerprint density at radius 3 is 2.84 bits per heavy atom. The SMILES string of the molecule is COC(=O)NC[C@@H]1OC(=O)N2c3cc(F)c(-c4ccc(N5CCOC5=O)nc4)cc3CC12. The average molecular weight is 442 g/mol. The third-order valence-corrected chi connectivity index (χ3v) is 5.80. The number of halogens is 1. The van der Waals surface area contributed by atoms with Crippen molar-refractivity contribution in [2.24, 2.45) is 0 Å². The third-order valence-electron chi connectivity index (χ3n) is 5.80. The fraction of sp³-hybridized carbons (Fsp3) is 0.333. The number of aromatic nitrogens is 1. The Morgan fingerprint density at radius 1 is 1.31 bits per heavy atom. The van der Waals surface area contributed by atoms with Crippen LogP contribution >= 0.6 is 0 Å². The predicted molar refractivity (Wildman–Crippen MR) is 109 cm³/mol. The molecule has 4 heterocycles. The molecular weight excluding hydrogens is 423 g/mol. The van der Waals surface area contributed by atoms with Gasteiger partial charge in [0.2, 0.25) is 0 Å². The molecule has 0 spiro atoms. The van der Waals surface area contributed by atoms with E-state index in [9.17, 15) is 14.4 Å². The number of rotatable bonds is 4. The number of benzene rings is 1. The normalized spacial score (nSPS) is 21.2. The molecule has 166 valence electrons. The van der Waals surface area contributed by atoms with Gasteiger partial charge in [-0.1, -0.05) is 0 Å². The lowest BCUT2D eigenvalue weighted by atomic mass is 10.00. The molecule has 2 saturated heterocycles. The number of methoxy groups -OCH3 is 1. The number of hydrogen-bond donors (Lipinski definition) is 1. The van der Waals surface area contributed by atoms with Gasteiger partial charge in [0.15, 0.2) is 0 Å². The second kappa shape index (κ2) is 7.66. The van der Waals surface area contributed by atoms with Crippen molar-refractivity contribution >= 4 is 29.8 Å². The summed E-state index contributed by atoms with van der Waals surface area (Å²) in [5.41, 5.74) is 2.12. The Hall–Kier alpha value is -3.89. The van der Waals surface area contributed by atoms with E-state index in [0.29, 0.717) is 42.2 Å². The van der Waals surface area contributed by atoms with Crippen molar-refractivity contribution in [1.82, 2.24) is 10.3 Å². The molecule has 2 atom stereocenters. The molecule has 0 bridgehead atoms. The summed E-state index contributed by atoms with van der Waals surface area (Å²) < 4.78 is 29.8. The lowest BCUT2D eigenvalue weighted by Gasteiger charge is -2.16. The molecule has 11 heteroatoms. The molecule has 2 fully saturated rings. The fourth-order valence-electron chi connectivity index (χ4n) is 4.25. The Bertz CT molecular complexity index is 1110. The highest BCUT2D eigenvalue weighted by molar-refractivity contribution is 5.94. The van der Waals surface area contributed by atoms with Crippen LogP contribution in [-0.4, -0.2) is 62.2 Å². The molecule has 1 aromatic carbocycles. The van der Waals surface area contributed by atoms with Crippen molar-refractivity contribution in [3.8, 4) is 11.1 Å². The zero-order chi connectivity index (χ0) is 22.4. The van der Waals surface area contributed by atoms with Crippen LogP contribution in [0.5, 0.6) is 0 Å². The zero-order valence-electron chi connectivity index (χ0n) is 17.0. The first kappa shape index (κ1) is 20.0. The van der Waals surface area contributed by atoms with Gasteiger partial charge in [0.25, 0.3) is 0 Å².